The van der Waals surface area contributed by atoms with Gasteiger partial charge < -0.3 is 9.47 Å². The van der Waals surface area contributed by atoms with Crippen LogP contribution < -0.4 is 9.47 Å². The molecular weight excluding hydrogens is 314 g/mol. The van der Waals surface area contributed by atoms with E-state index in [0.717, 1.165) is 36.3 Å². The Bertz CT molecular complexity index is 650. The van der Waals surface area contributed by atoms with Crippen LogP contribution >= 0.6 is 0 Å². The average molecular weight is 341 g/mol. The number of rotatable bonds is 9. The molecule has 1 atom stereocenters. The molecule has 1 heterocycles. The summed E-state index contributed by atoms with van der Waals surface area (Å²) < 4.78 is 11.0. The van der Waals surface area contributed by atoms with E-state index in [1.54, 1.807) is 18.3 Å². The SMILES string of the molecule is CCCCOc1ccc(-c2ccc(OC(=O)CC(C)CC)cc2)nc1. The summed E-state index contributed by atoms with van der Waals surface area (Å²) in [6.07, 6.45) is 5.31. The number of pyridine rings is 1. The summed E-state index contributed by atoms with van der Waals surface area (Å²) in [6.45, 7) is 6.97. The van der Waals surface area contributed by atoms with Gasteiger partial charge in [-0.25, -0.2) is 0 Å². The van der Waals surface area contributed by atoms with Gasteiger partial charge in [-0.05, 0) is 48.7 Å². The third-order valence-corrected chi connectivity index (χ3v) is 4.10. The molecule has 1 aromatic carbocycles. The highest BCUT2D eigenvalue weighted by Crippen LogP contribution is 2.23. The molecule has 0 N–H and O–H groups in total. The molecule has 0 aliphatic carbocycles. The van der Waals surface area contributed by atoms with Crippen LogP contribution in [0.25, 0.3) is 11.3 Å². The summed E-state index contributed by atoms with van der Waals surface area (Å²) >= 11 is 0. The van der Waals surface area contributed by atoms with E-state index in [9.17, 15) is 4.79 Å². The van der Waals surface area contributed by atoms with Crippen LogP contribution in [0.3, 0.4) is 0 Å². The molecule has 4 nitrogen and oxygen atoms in total. The molecule has 0 bridgehead atoms. The van der Waals surface area contributed by atoms with E-state index in [2.05, 4.69) is 18.8 Å². The van der Waals surface area contributed by atoms with Crippen LogP contribution in [0, 0.1) is 5.92 Å². The lowest BCUT2D eigenvalue weighted by atomic mass is 10.1. The van der Waals surface area contributed by atoms with Gasteiger partial charge in [-0.1, -0.05) is 33.6 Å². The topological polar surface area (TPSA) is 48.4 Å². The normalized spacial score (nSPS) is 11.8. The fourth-order valence-electron chi connectivity index (χ4n) is 2.27. The molecule has 0 amide bonds. The largest absolute Gasteiger partial charge is 0.492 e. The third kappa shape index (κ3) is 6.22. The number of hydrogen-bond acceptors (Lipinski definition) is 4. The summed E-state index contributed by atoms with van der Waals surface area (Å²) in [7, 11) is 0. The van der Waals surface area contributed by atoms with Gasteiger partial charge in [0.25, 0.3) is 0 Å². The minimum Gasteiger partial charge on any atom is -0.492 e. The lowest BCUT2D eigenvalue weighted by Crippen LogP contribution is -2.11. The van der Waals surface area contributed by atoms with Crippen LogP contribution in [0.2, 0.25) is 0 Å². The maximum Gasteiger partial charge on any atom is 0.311 e. The summed E-state index contributed by atoms with van der Waals surface area (Å²) in [5.74, 6) is 1.51. The zero-order chi connectivity index (χ0) is 18.1. The second-order valence-corrected chi connectivity index (χ2v) is 6.30. The molecule has 134 valence electrons. The predicted octanol–water partition coefficient (Wildman–Crippen LogP) is 5.27. The number of unbranched alkanes of at least 4 members (excludes halogenated alkanes) is 1. The first-order valence-electron chi connectivity index (χ1n) is 9.02. The van der Waals surface area contributed by atoms with Crippen LogP contribution in [0.5, 0.6) is 11.5 Å². The van der Waals surface area contributed by atoms with Crippen LogP contribution in [0.15, 0.2) is 42.6 Å². The Morgan fingerprint density at radius 2 is 1.80 bits per heavy atom. The molecule has 4 heteroatoms. The molecule has 0 saturated heterocycles. The predicted molar refractivity (Wildman–Crippen MR) is 99.8 cm³/mol. The number of hydrogen-bond donors (Lipinski definition) is 0. The van der Waals surface area contributed by atoms with Gasteiger partial charge in [0.05, 0.1) is 18.5 Å². The maximum absolute atomic E-state index is 11.8. The quantitative estimate of drug-likeness (QED) is 0.354. The second kappa shape index (κ2) is 9.82. The van der Waals surface area contributed by atoms with Crippen molar-refractivity contribution in [2.24, 2.45) is 5.92 Å². The fourth-order valence-corrected chi connectivity index (χ4v) is 2.27. The van der Waals surface area contributed by atoms with E-state index in [-0.39, 0.29) is 5.97 Å². The highest BCUT2D eigenvalue weighted by atomic mass is 16.5. The van der Waals surface area contributed by atoms with E-state index in [1.807, 2.05) is 31.2 Å². The Balaban J connectivity index is 1.94. The number of nitrogens with zero attached hydrogens (tertiary/aromatic N) is 1. The lowest BCUT2D eigenvalue weighted by Gasteiger charge is -2.09. The molecule has 0 aliphatic heterocycles. The first-order valence-corrected chi connectivity index (χ1v) is 9.02. The van der Waals surface area contributed by atoms with Crippen molar-refractivity contribution < 1.29 is 14.3 Å². The van der Waals surface area contributed by atoms with Gasteiger partial charge in [0.1, 0.15) is 11.5 Å². The van der Waals surface area contributed by atoms with E-state index < -0.39 is 0 Å². The van der Waals surface area contributed by atoms with Crippen molar-refractivity contribution in [1.82, 2.24) is 4.98 Å². The van der Waals surface area contributed by atoms with Crippen molar-refractivity contribution in [2.45, 2.75) is 46.5 Å². The molecule has 0 spiro atoms. The first-order chi connectivity index (χ1) is 12.1. The van der Waals surface area contributed by atoms with E-state index in [0.29, 0.717) is 24.7 Å². The monoisotopic (exact) mass is 341 g/mol. The maximum atomic E-state index is 11.8. The molecule has 1 unspecified atom stereocenters. The Hall–Kier alpha value is -2.36. The van der Waals surface area contributed by atoms with E-state index >= 15 is 0 Å². The Morgan fingerprint density at radius 1 is 1.08 bits per heavy atom. The first kappa shape index (κ1) is 19.0. The van der Waals surface area contributed by atoms with Crippen LogP contribution in [0.4, 0.5) is 0 Å². The minimum absolute atomic E-state index is 0.186. The van der Waals surface area contributed by atoms with E-state index in [1.165, 1.54) is 0 Å². The van der Waals surface area contributed by atoms with Crippen molar-refractivity contribution in [2.75, 3.05) is 6.61 Å². The molecule has 1 aromatic heterocycles. The van der Waals surface area contributed by atoms with Crippen molar-refractivity contribution in [3.63, 3.8) is 0 Å². The zero-order valence-electron chi connectivity index (χ0n) is 15.3. The van der Waals surface area contributed by atoms with Crippen molar-refractivity contribution in [3.8, 4) is 22.8 Å². The average Bonchev–Trinajstić information content (AvgIpc) is 2.63. The van der Waals surface area contributed by atoms with Crippen LogP contribution in [-0.4, -0.2) is 17.6 Å². The van der Waals surface area contributed by atoms with Gasteiger partial charge in [0.2, 0.25) is 0 Å². The van der Waals surface area contributed by atoms with Crippen molar-refractivity contribution >= 4 is 5.97 Å². The summed E-state index contributed by atoms with van der Waals surface area (Å²) in [6, 6.07) is 11.3. The Kier molecular flexibility index (Phi) is 7.45. The van der Waals surface area contributed by atoms with Crippen molar-refractivity contribution in [1.29, 1.82) is 0 Å². The molecule has 0 radical (unpaired) electrons. The number of benzene rings is 1. The number of esters is 1. The van der Waals surface area contributed by atoms with Crippen molar-refractivity contribution in [3.05, 3.63) is 42.6 Å². The third-order valence-electron chi connectivity index (χ3n) is 4.10. The van der Waals surface area contributed by atoms with E-state index in [4.69, 9.17) is 9.47 Å². The molecule has 0 saturated carbocycles. The second-order valence-electron chi connectivity index (χ2n) is 6.30. The van der Waals surface area contributed by atoms with Gasteiger partial charge in [-0.2, -0.15) is 0 Å². The standard InChI is InChI=1S/C21H27NO3/c1-4-6-13-24-19-11-12-20(22-15-19)17-7-9-18(10-8-17)25-21(23)14-16(3)5-2/h7-12,15-16H,4-6,13-14H2,1-3H3. The zero-order valence-corrected chi connectivity index (χ0v) is 15.3. The van der Waals surface area contributed by atoms with Gasteiger partial charge in [-0.15, -0.1) is 0 Å². The highest BCUT2D eigenvalue weighted by molar-refractivity contribution is 5.73. The molecule has 25 heavy (non-hydrogen) atoms. The Morgan fingerprint density at radius 3 is 2.40 bits per heavy atom. The number of carbonyl (C=O) groups is 1. The molecule has 2 rings (SSSR count). The number of carbonyl (C=O) groups excluding carboxylic acids is 1. The highest BCUT2D eigenvalue weighted by Gasteiger charge is 2.10. The molecule has 0 aliphatic rings. The number of ether oxygens (including phenoxy) is 2. The van der Waals surface area contributed by atoms with Gasteiger partial charge in [0.15, 0.2) is 0 Å². The smallest absolute Gasteiger partial charge is 0.311 e. The van der Waals surface area contributed by atoms with Gasteiger partial charge >= 0.3 is 5.97 Å². The fraction of sp³-hybridized carbons (Fsp3) is 0.429. The Labute approximate surface area is 150 Å². The molecule has 2 aromatic rings. The summed E-state index contributed by atoms with van der Waals surface area (Å²) in [4.78, 5) is 16.3. The van der Waals surface area contributed by atoms with Crippen LogP contribution in [-0.2, 0) is 4.79 Å². The lowest BCUT2D eigenvalue weighted by molar-refractivity contribution is -0.135. The van der Waals surface area contributed by atoms with Gasteiger partial charge in [-0.3, -0.25) is 9.78 Å². The van der Waals surface area contributed by atoms with Gasteiger partial charge in [0, 0.05) is 12.0 Å². The molecule has 0 fully saturated rings. The minimum atomic E-state index is -0.186. The summed E-state index contributed by atoms with van der Waals surface area (Å²) in [5.41, 5.74) is 1.84. The summed E-state index contributed by atoms with van der Waals surface area (Å²) in [5, 5.41) is 0. The van der Waals surface area contributed by atoms with Crippen LogP contribution in [0.1, 0.15) is 46.5 Å². The molecular formula is C21H27NO3. The number of aromatic nitrogens is 1.